The minimum atomic E-state index is -0.172. The summed E-state index contributed by atoms with van der Waals surface area (Å²) in [6.07, 6.45) is 5.38. The van der Waals surface area contributed by atoms with Gasteiger partial charge in [-0.3, -0.25) is 14.7 Å². The van der Waals surface area contributed by atoms with Crippen LogP contribution in [-0.2, 0) is 9.59 Å². The molecule has 0 unspecified atom stereocenters. The van der Waals surface area contributed by atoms with Crippen LogP contribution in [0.1, 0.15) is 12.8 Å². The Morgan fingerprint density at radius 1 is 0.929 bits per heavy atom. The van der Waals surface area contributed by atoms with E-state index in [9.17, 15) is 9.59 Å². The molecule has 0 spiro atoms. The van der Waals surface area contributed by atoms with Crippen LogP contribution in [-0.4, -0.2) is 22.0 Å². The predicted octanol–water partition coefficient (Wildman–Crippen LogP) is 3.57. The Labute approximate surface area is 162 Å². The van der Waals surface area contributed by atoms with Crippen molar-refractivity contribution in [1.82, 2.24) is 10.2 Å². The number of H-pyrrole nitrogens is 1. The van der Waals surface area contributed by atoms with Crippen molar-refractivity contribution in [2.45, 2.75) is 12.8 Å². The molecule has 0 bridgehead atoms. The van der Waals surface area contributed by atoms with Gasteiger partial charge in [0.25, 0.3) is 0 Å². The fourth-order valence-corrected chi connectivity index (χ4v) is 2.60. The minimum Gasteiger partial charge on any atom is -0.399 e. The number of nitrogen functional groups attached to an aromatic ring is 1. The number of nitrogens with zero attached hydrogens (tertiary/aromatic N) is 1. The SMILES string of the molecule is Nc1cccc(NC(=O)C/C=C/CC(=O)Nc2cccc(-c3ccn[nH]3)c2)c1. The van der Waals surface area contributed by atoms with E-state index in [1.165, 1.54) is 0 Å². The second kappa shape index (κ2) is 9.18. The van der Waals surface area contributed by atoms with Crippen LogP contribution in [0, 0.1) is 0 Å². The summed E-state index contributed by atoms with van der Waals surface area (Å²) in [7, 11) is 0. The molecule has 0 radical (unpaired) electrons. The lowest BCUT2D eigenvalue weighted by Gasteiger charge is -2.06. The molecule has 0 saturated carbocycles. The van der Waals surface area contributed by atoms with Crippen molar-refractivity contribution in [2.75, 3.05) is 16.4 Å². The summed E-state index contributed by atoms with van der Waals surface area (Å²) in [6, 6.07) is 16.3. The van der Waals surface area contributed by atoms with E-state index >= 15 is 0 Å². The van der Waals surface area contributed by atoms with Gasteiger partial charge >= 0.3 is 0 Å². The first kappa shape index (κ1) is 18.9. The number of nitrogens with two attached hydrogens (primary N) is 1. The third kappa shape index (κ3) is 5.57. The van der Waals surface area contributed by atoms with Crippen LogP contribution in [0.4, 0.5) is 17.1 Å². The monoisotopic (exact) mass is 375 g/mol. The van der Waals surface area contributed by atoms with Crippen molar-refractivity contribution in [3.8, 4) is 11.3 Å². The van der Waals surface area contributed by atoms with Gasteiger partial charge in [0.05, 0.1) is 5.69 Å². The highest BCUT2D eigenvalue weighted by atomic mass is 16.2. The van der Waals surface area contributed by atoms with Crippen molar-refractivity contribution >= 4 is 28.9 Å². The molecule has 0 aliphatic carbocycles. The Bertz CT molecular complexity index is 980. The molecule has 7 nitrogen and oxygen atoms in total. The van der Waals surface area contributed by atoms with Crippen LogP contribution in [0.5, 0.6) is 0 Å². The lowest BCUT2D eigenvalue weighted by Crippen LogP contribution is -2.11. The van der Waals surface area contributed by atoms with Crippen molar-refractivity contribution in [3.63, 3.8) is 0 Å². The molecule has 2 amide bonds. The molecule has 0 fully saturated rings. The standard InChI is InChI=1S/C21H21N5O2/c22-16-6-4-8-18(14-16)25-21(28)10-2-1-9-20(27)24-17-7-3-5-15(13-17)19-11-12-23-26-19/h1-8,11-14H,9-10,22H2,(H,23,26)(H,24,27)(H,25,28)/b2-1+. The normalized spacial score (nSPS) is 10.7. The van der Waals surface area contributed by atoms with Crippen LogP contribution in [0.3, 0.4) is 0 Å². The fraction of sp³-hybridized carbons (Fsp3) is 0.0952. The van der Waals surface area contributed by atoms with E-state index in [-0.39, 0.29) is 24.7 Å². The zero-order valence-electron chi connectivity index (χ0n) is 15.2. The van der Waals surface area contributed by atoms with Crippen LogP contribution < -0.4 is 16.4 Å². The highest BCUT2D eigenvalue weighted by molar-refractivity contribution is 5.93. The first-order valence-corrected chi connectivity index (χ1v) is 8.80. The molecular formula is C21H21N5O2. The third-order valence-electron chi connectivity index (χ3n) is 3.90. The third-order valence-corrected chi connectivity index (χ3v) is 3.90. The Balaban J connectivity index is 1.45. The fourth-order valence-electron chi connectivity index (χ4n) is 2.60. The number of rotatable bonds is 7. The number of carbonyl (C=O) groups is 2. The minimum absolute atomic E-state index is 0.158. The van der Waals surface area contributed by atoms with Crippen molar-refractivity contribution in [2.24, 2.45) is 0 Å². The van der Waals surface area contributed by atoms with E-state index in [2.05, 4.69) is 20.8 Å². The number of benzene rings is 2. The average molecular weight is 375 g/mol. The number of nitrogens with one attached hydrogen (secondary N) is 3. The van der Waals surface area contributed by atoms with Crippen molar-refractivity contribution in [3.05, 3.63) is 72.9 Å². The molecule has 5 N–H and O–H groups in total. The van der Waals surface area contributed by atoms with Crippen LogP contribution in [0.2, 0.25) is 0 Å². The van der Waals surface area contributed by atoms with Crippen LogP contribution in [0.15, 0.2) is 72.9 Å². The number of hydrogen-bond donors (Lipinski definition) is 4. The van der Waals surface area contributed by atoms with Gasteiger partial charge in [-0.25, -0.2) is 0 Å². The van der Waals surface area contributed by atoms with Crippen LogP contribution in [0.25, 0.3) is 11.3 Å². The molecule has 142 valence electrons. The number of hydrogen-bond acceptors (Lipinski definition) is 4. The van der Waals surface area contributed by atoms with Gasteiger partial charge in [0, 0.05) is 41.7 Å². The van der Waals surface area contributed by atoms with Gasteiger partial charge in [0.1, 0.15) is 0 Å². The summed E-state index contributed by atoms with van der Waals surface area (Å²) in [4.78, 5) is 24.0. The molecule has 28 heavy (non-hydrogen) atoms. The number of carbonyl (C=O) groups excluding carboxylic acids is 2. The highest BCUT2D eigenvalue weighted by Crippen LogP contribution is 2.20. The Morgan fingerprint density at radius 3 is 2.18 bits per heavy atom. The molecular weight excluding hydrogens is 354 g/mol. The molecule has 0 atom stereocenters. The molecule has 2 aromatic carbocycles. The Kier molecular flexibility index (Phi) is 6.20. The van der Waals surface area contributed by atoms with Crippen molar-refractivity contribution < 1.29 is 9.59 Å². The van der Waals surface area contributed by atoms with Gasteiger partial charge in [0.15, 0.2) is 0 Å². The lowest BCUT2D eigenvalue weighted by molar-refractivity contribution is -0.116. The number of amides is 2. The van der Waals surface area contributed by atoms with E-state index in [0.29, 0.717) is 17.1 Å². The van der Waals surface area contributed by atoms with E-state index in [0.717, 1.165) is 11.3 Å². The van der Waals surface area contributed by atoms with Crippen molar-refractivity contribution in [1.29, 1.82) is 0 Å². The summed E-state index contributed by atoms with van der Waals surface area (Å²) >= 11 is 0. The average Bonchev–Trinajstić information content (AvgIpc) is 3.20. The molecule has 0 aliphatic rings. The summed E-state index contributed by atoms with van der Waals surface area (Å²) < 4.78 is 0. The summed E-state index contributed by atoms with van der Waals surface area (Å²) in [6.45, 7) is 0. The summed E-state index contributed by atoms with van der Waals surface area (Å²) in [5.41, 5.74) is 9.42. The van der Waals surface area contributed by atoms with E-state index in [1.54, 1.807) is 42.6 Å². The maximum absolute atomic E-state index is 12.1. The largest absolute Gasteiger partial charge is 0.399 e. The molecule has 7 heteroatoms. The second-order valence-electron chi connectivity index (χ2n) is 6.15. The molecule has 3 rings (SSSR count). The maximum Gasteiger partial charge on any atom is 0.228 e. The predicted molar refractivity (Wildman–Crippen MR) is 111 cm³/mol. The number of aromatic amines is 1. The Morgan fingerprint density at radius 2 is 1.57 bits per heavy atom. The molecule has 0 aliphatic heterocycles. The summed E-state index contributed by atoms with van der Waals surface area (Å²) in [5, 5.41) is 12.4. The van der Waals surface area contributed by atoms with Gasteiger partial charge in [-0.15, -0.1) is 0 Å². The first-order valence-electron chi connectivity index (χ1n) is 8.80. The zero-order chi connectivity index (χ0) is 19.8. The van der Waals surface area contributed by atoms with Gasteiger partial charge in [-0.05, 0) is 36.4 Å². The van der Waals surface area contributed by atoms with Gasteiger partial charge < -0.3 is 16.4 Å². The highest BCUT2D eigenvalue weighted by Gasteiger charge is 2.04. The quantitative estimate of drug-likeness (QED) is 0.373. The molecule has 1 heterocycles. The Hall–Kier alpha value is -3.87. The topological polar surface area (TPSA) is 113 Å². The maximum atomic E-state index is 12.1. The molecule has 0 saturated heterocycles. The molecule has 3 aromatic rings. The second-order valence-corrected chi connectivity index (χ2v) is 6.15. The molecule has 1 aromatic heterocycles. The zero-order valence-corrected chi connectivity index (χ0v) is 15.2. The van der Waals surface area contributed by atoms with Crippen LogP contribution >= 0.6 is 0 Å². The smallest absolute Gasteiger partial charge is 0.228 e. The van der Waals surface area contributed by atoms with E-state index in [4.69, 9.17) is 5.73 Å². The lowest BCUT2D eigenvalue weighted by atomic mass is 10.1. The van der Waals surface area contributed by atoms with E-state index < -0.39 is 0 Å². The first-order chi connectivity index (χ1) is 13.6. The van der Waals surface area contributed by atoms with E-state index in [1.807, 2.05) is 30.3 Å². The van der Waals surface area contributed by atoms with Gasteiger partial charge in [0.2, 0.25) is 11.8 Å². The van der Waals surface area contributed by atoms with Gasteiger partial charge in [-0.1, -0.05) is 30.4 Å². The number of anilines is 3. The summed E-state index contributed by atoms with van der Waals surface area (Å²) in [5.74, 6) is -0.330. The van der Waals surface area contributed by atoms with Gasteiger partial charge in [-0.2, -0.15) is 5.10 Å². The number of aromatic nitrogens is 2.